The maximum atomic E-state index is 13.4. The van der Waals surface area contributed by atoms with E-state index in [0.717, 1.165) is 32.1 Å². The van der Waals surface area contributed by atoms with Crippen LogP contribution in [0.15, 0.2) is 42.5 Å². The lowest BCUT2D eigenvalue weighted by atomic mass is 9.95. The fraction of sp³-hybridized carbons (Fsp3) is 0.440. The van der Waals surface area contributed by atoms with Gasteiger partial charge < -0.3 is 19.7 Å². The Morgan fingerprint density at radius 2 is 1.86 bits per heavy atom. The highest BCUT2D eigenvalue weighted by molar-refractivity contribution is 5.88. The summed E-state index contributed by atoms with van der Waals surface area (Å²) in [6.07, 6.45) is 5.10. The summed E-state index contributed by atoms with van der Waals surface area (Å²) < 4.78 is 24.0. The summed E-state index contributed by atoms with van der Waals surface area (Å²) in [6, 6.07) is 8.94. The third-order valence-electron chi connectivity index (χ3n) is 6.10. The number of ether oxygens (including phenoxy) is 2. The molecule has 1 N–H and O–H groups in total. The first-order valence-electron chi connectivity index (χ1n) is 11.6. The van der Waals surface area contributed by atoms with Gasteiger partial charge in [-0.2, -0.15) is 0 Å². The number of nitrogens with zero attached hydrogens (tertiary/aromatic N) is 2. The standard InChI is InChI=1S/C25H30FN3O6/c1-17(25(31)27-20-6-4-3-5-7-20)28(15-18-8-10-19(26)11-9-18)24(30)16-35-21-12-13-22(29(32)33)23(14-21)34-2/h8-14,17,20H,3-7,15-16H2,1-2H3,(H,27,31)/t17-/m0/s1. The van der Waals surface area contributed by atoms with E-state index >= 15 is 0 Å². The molecule has 1 atom stereocenters. The van der Waals surface area contributed by atoms with Crippen LogP contribution in [0.2, 0.25) is 0 Å². The SMILES string of the molecule is COc1cc(OCC(=O)N(Cc2ccc(F)cc2)[C@@H](C)C(=O)NC2CCCCC2)ccc1[N+](=O)[O-]. The van der Waals surface area contributed by atoms with Crippen LogP contribution in [0.5, 0.6) is 11.5 Å². The van der Waals surface area contributed by atoms with Crippen molar-refractivity contribution in [3.8, 4) is 11.5 Å². The fourth-order valence-corrected chi connectivity index (χ4v) is 4.06. The van der Waals surface area contributed by atoms with Gasteiger partial charge in [-0.15, -0.1) is 0 Å². The molecule has 0 aliphatic heterocycles. The summed E-state index contributed by atoms with van der Waals surface area (Å²) in [5, 5.41) is 14.1. The average molecular weight is 488 g/mol. The Kier molecular flexibility index (Phi) is 8.99. The van der Waals surface area contributed by atoms with E-state index in [2.05, 4.69) is 5.32 Å². The van der Waals surface area contributed by atoms with Gasteiger partial charge in [-0.05, 0) is 43.5 Å². The van der Waals surface area contributed by atoms with Crippen LogP contribution in [0.3, 0.4) is 0 Å². The number of carbonyl (C=O) groups is 2. The van der Waals surface area contributed by atoms with Gasteiger partial charge in [0.2, 0.25) is 11.7 Å². The molecule has 0 aromatic heterocycles. The van der Waals surface area contributed by atoms with Crippen LogP contribution in [-0.4, -0.2) is 47.4 Å². The number of halogens is 1. The average Bonchev–Trinajstić information content (AvgIpc) is 2.86. The highest BCUT2D eigenvalue weighted by Gasteiger charge is 2.28. The van der Waals surface area contributed by atoms with Crippen LogP contribution in [0.1, 0.15) is 44.6 Å². The molecule has 1 fully saturated rings. The number of amides is 2. The molecule has 0 spiro atoms. The molecule has 1 saturated carbocycles. The molecule has 3 rings (SSSR count). The molecular weight excluding hydrogens is 457 g/mol. The summed E-state index contributed by atoms with van der Waals surface area (Å²) >= 11 is 0. The van der Waals surface area contributed by atoms with Gasteiger partial charge in [-0.25, -0.2) is 4.39 Å². The van der Waals surface area contributed by atoms with E-state index in [-0.39, 0.29) is 35.7 Å². The molecule has 0 radical (unpaired) electrons. The first kappa shape index (κ1) is 25.9. The van der Waals surface area contributed by atoms with Crippen LogP contribution in [0, 0.1) is 15.9 Å². The van der Waals surface area contributed by atoms with Crippen molar-refractivity contribution in [1.82, 2.24) is 10.2 Å². The van der Waals surface area contributed by atoms with E-state index in [1.807, 2.05) is 0 Å². The Morgan fingerprint density at radius 3 is 2.49 bits per heavy atom. The Morgan fingerprint density at radius 1 is 1.17 bits per heavy atom. The second-order valence-corrected chi connectivity index (χ2v) is 8.55. The minimum Gasteiger partial charge on any atom is -0.490 e. The van der Waals surface area contributed by atoms with Crippen molar-refractivity contribution in [2.45, 2.75) is 57.7 Å². The number of nitro benzene ring substituents is 1. The first-order chi connectivity index (χ1) is 16.8. The molecule has 1 aliphatic rings. The predicted octanol–water partition coefficient (Wildman–Crippen LogP) is 3.99. The summed E-state index contributed by atoms with van der Waals surface area (Å²) in [7, 11) is 1.30. The van der Waals surface area contributed by atoms with Crippen molar-refractivity contribution in [3.63, 3.8) is 0 Å². The maximum Gasteiger partial charge on any atom is 0.311 e. The molecule has 2 aromatic carbocycles. The van der Waals surface area contributed by atoms with E-state index < -0.39 is 29.3 Å². The van der Waals surface area contributed by atoms with E-state index in [0.29, 0.717) is 5.56 Å². The van der Waals surface area contributed by atoms with Gasteiger partial charge in [0, 0.05) is 24.7 Å². The molecule has 9 nitrogen and oxygen atoms in total. The number of benzene rings is 2. The molecule has 0 saturated heterocycles. The van der Waals surface area contributed by atoms with Crippen LogP contribution in [0.25, 0.3) is 0 Å². The second kappa shape index (κ2) is 12.1. The van der Waals surface area contributed by atoms with Crippen LogP contribution < -0.4 is 14.8 Å². The van der Waals surface area contributed by atoms with Gasteiger partial charge >= 0.3 is 5.69 Å². The fourth-order valence-electron chi connectivity index (χ4n) is 4.06. The summed E-state index contributed by atoms with van der Waals surface area (Å²) in [6.45, 7) is 1.34. The number of rotatable bonds is 10. The van der Waals surface area contributed by atoms with Crippen LogP contribution >= 0.6 is 0 Å². The summed E-state index contributed by atoms with van der Waals surface area (Å²) in [5.41, 5.74) is 0.436. The minimum atomic E-state index is -0.788. The summed E-state index contributed by atoms with van der Waals surface area (Å²) in [5.74, 6) is -0.905. The van der Waals surface area contributed by atoms with Crippen molar-refractivity contribution in [1.29, 1.82) is 0 Å². The molecule has 0 heterocycles. The van der Waals surface area contributed by atoms with Gasteiger partial charge in [0.05, 0.1) is 12.0 Å². The number of methoxy groups -OCH3 is 1. The predicted molar refractivity (Wildman–Crippen MR) is 127 cm³/mol. The lowest BCUT2D eigenvalue weighted by Crippen LogP contribution is -2.51. The smallest absolute Gasteiger partial charge is 0.311 e. The summed E-state index contributed by atoms with van der Waals surface area (Å²) in [4.78, 5) is 38.0. The van der Waals surface area contributed by atoms with Crippen molar-refractivity contribution in [2.75, 3.05) is 13.7 Å². The Balaban J connectivity index is 1.73. The first-order valence-corrected chi connectivity index (χ1v) is 11.6. The van der Waals surface area contributed by atoms with Gasteiger partial charge in [-0.1, -0.05) is 31.4 Å². The lowest BCUT2D eigenvalue weighted by molar-refractivity contribution is -0.385. The van der Waals surface area contributed by atoms with Gasteiger partial charge in [0.15, 0.2) is 6.61 Å². The van der Waals surface area contributed by atoms with Gasteiger partial charge in [-0.3, -0.25) is 19.7 Å². The quantitative estimate of drug-likeness (QED) is 0.401. The van der Waals surface area contributed by atoms with Crippen LogP contribution in [0.4, 0.5) is 10.1 Å². The van der Waals surface area contributed by atoms with Crippen molar-refractivity contribution < 1.29 is 28.4 Å². The number of nitrogens with one attached hydrogen (secondary N) is 1. The van der Waals surface area contributed by atoms with E-state index in [1.165, 1.54) is 42.3 Å². The molecule has 0 bridgehead atoms. The van der Waals surface area contributed by atoms with E-state index in [1.54, 1.807) is 19.1 Å². The number of carbonyl (C=O) groups excluding carboxylic acids is 2. The number of hydrogen-bond acceptors (Lipinski definition) is 6. The zero-order chi connectivity index (χ0) is 25.4. The van der Waals surface area contributed by atoms with E-state index in [9.17, 15) is 24.1 Å². The molecule has 2 aromatic rings. The number of hydrogen-bond donors (Lipinski definition) is 1. The number of nitro groups is 1. The molecule has 188 valence electrons. The molecule has 10 heteroatoms. The van der Waals surface area contributed by atoms with Crippen molar-refractivity contribution in [3.05, 3.63) is 64.0 Å². The Labute approximate surface area is 203 Å². The molecule has 0 unspecified atom stereocenters. The molecule has 2 amide bonds. The zero-order valence-corrected chi connectivity index (χ0v) is 19.9. The third kappa shape index (κ3) is 7.14. The zero-order valence-electron chi connectivity index (χ0n) is 19.9. The van der Waals surface area contributed by atoms with Crippen LogP contribution in [-0.2, 0) is 16.1 Å². The van der Waals surface area contributed by atoms with Gasteiger partial charge in [0.1, 0.15) is 17.6 Å². The largest absolute Gasteiger partial charge is 0.490 e. The minimum absolute atomic E-state index is 0.00310. The topological polar surface area (TPSA) is 111 Å². The van der Waals surface area contributed by atoms with Crippen molar-refractivity contribution in [2.24, 2.45) is 0 Å². The lowest BCUT2D eigenvalue weighted by Gasteiger charge is -2.31. The normalized spacial score (nSPS) is 14.6. The third-order valence-corrected chi connectivity index (χ3v) is 6.10. The van der Waals surface area contributed by atoms with Gasteiger partial charge in [0.25, 0.3) is 5.91 Å². The maximum absolute atomic E-state index is 13.4. The Hall–Kier alpha value is -3.69. The Bertz CT molecular complexity index is 1040. The molecular formula is C25H30FN3O6. The molecule has 35 heavy (non-hydrogen) atoms. The monoisotopic (exact) mass is 487 g/mol. The highest BCUT2D eigenvalue weighted by Crippen LogP contribution is 2.30. The highest BCUT2D eigenvalue weighted by atomic mass is 19.1. The molecule has 1 aliphatic carbocycles. The van der Waals surface area contributed by atoms with Crippen molar-refractivity contribution >= 4 is 17.5 Å². The second-order valence-electron chi connectivity index (χ2n) is 8.55. The van der Waals surface area contributed by atoms with E-state index in [4.69, 9.17) is 9.47 Å².